The van der Waals surface area contributed by atoms with Gasteiger partial charge in [-0.2, -0.15) is 0 Å². The third-order valence-corrected chi connectivity index (χ3v) is 4.79. The van der Waals surface area contributed by atoms with Crippen molar-refractivity contribution in [1.29, 1.82) is 0 Å². The van der Waals surface area contributed by atoms with Gasteiger partial charge in [0, 0.05) is 5.56 Å². The lowest BCUT2D eigenvalue weighted by molar-refractivity contribution is 0.0240. The second-order valence-electron chi connectivity index (χ2n) is 7.60. The molecule has 0 radical (unpaired) electrons. The molecule has 0 saturated carbocycles. The fourth-order valence-corrected chi connectivity index (χ4v) is 3.44. The predicted molar refractivity (Wildman–Crippen MR) is 102 cm³/mol. The van der Waals surface area contributed by atoms with E-state index in [1.165, 1.54) is 11.9 Å². The van der Waals surface area contributed by atoms with Crippen LogP contribution in [0.5, 0.6) is 11.6 Å². The summed E-state index contributed by atoms with van der Waals surface area (Å²) in [5, 5.41) is 0.565. The summed E-state index contributed by atoms with van der Waals surface area (Å²) < 4.78 is 11.5. The topological polar surface area (TPSA) is 64.5 Å². The molecule has 0 spiro atoms. The molecular weight excluding hydrogens is 366 g/mol. The Balaban J connectivity index is 1.58. The Bertz CT molecular complexity index is 950. The minimum Gasteiger partial charge on any atom is -0.444 e. The normalized spacial score (nSPS) is 14.9. The van der Waals surface area contributed by atoms with Gasteiger partial charge in [0.2, 0.25) is 5.88 Å². The van der Waals surface area contributed by atoms with E-state index in [1.54, 1.807) is 4.90 Å². The predicted octanol–water partition coefficient (Wildman–Crippen LogP) is 4.74. The third-order valence-electron chi connectivity index (χ3n) is 4.40. The van der Waals surface area contributed by atoms with E-state index in [4.69, 9.17) is 21.1 Å². The van der Waals surface area contributed by atoms with Crippen LogP contribution < -0.4 is 4.74 Å². The van der Waals surface area contributed by atoms with Crippen molar-refractivity contribution in [2.24, 2.45) is 0 Å². The van der Waals surface area contributed by atoms with Crippen molar-refractivity contribution < 1.29 is 14.3 Å². The Labute approximate surface area is 162 Å². The first-order chi connectivity index (χ1) is 12.8. The fourth-order valence-electron chi connectivity index (χ4n) is 3.15. The number of carbonyl (C=O) groups is 1. The van der Waals surface area contributed by atoms with Gasteiger partial charge in [-0.1, -0.05) is 29.8 Å². The molecule has 1 aliphatic heterocycles. The maximum absolute atomic E-state index is 12.4. The van der Waals surface area contributed by atoms with Gasteiger partial charge in [-0.15, -0.1) is 0 Å². The Hall–Kier alpha value is -2.60. The monoisotopic (exact) mass is 385 g/mol. The van der Waals surface area contributed by atoms with E-state index in [0.717, 1.165) is 23.2 Å². The number of carbonyl (C=O) groups excluding carboxylic acids is 1. The highest BCUT2D eigenvalue weighted by atomic mass is 35.5. The van der Waals surface area contributed by atoms with Gasteiger partial charge in [-0.25, -0.2) is 14.8 Å². The minimum absolute atomic E-state index is 0.336. The van der Waals surface area contributed by atoms with Crippen LogP contribution in [0.4, 0.5) is 4.79 Å². The van der Waals surface area contributed by atoms with Crippen LogP contribution in [0.15, 0.2) is 24.5 Å². The number of amides is 1. The summed E-state index contributed by atoms with van der Waals surface area (Å²) in [5.74, 6) is 0.952. The van der Waals surface area contributed by atoms with E-state index in [0.29, 0.717) is 29.7 Å². The van der Waals surface area contributed by atoms with Gasteiger partial charge in [0.05, 0.1) is 29.4 Å². The first-order valence-corrected chi connectivity index (χ1v) is 9.16. The molecule has 4 rings (SSSR count). The standard InChI is InChI=1S/C20H20ClN3O3/c1-20(2,3)27-19(25)24-9-14-15(10-24)22-11-23-18(14)26-16-8-7-12-5-4-6-13(12)17(16)21/h4,6-8,11H,5,9-10H2,1-3H3. The van der Waals surface area contributed by atoms with E-state index in [-0.39, 0.29) is 6.09 Å². The fraction of sp³-hybridized carbons (Fsp3) is 0.350. The van der Waals surface area contributed by atoms with Crippen LogP contribution in [0.2, 0.25) is 5.02 Å². The Kier molecular flexibility index (Phi) is 4.30. The molecule has 1 amide bonds. The third kappa shape index (κ3) is 3.49. The van der Waals surface area contributed by atoms with Crippen LogP contribution in [0.3, 0.4) is 0 Å². The highest BCUT2D eigenvalue weighted by molar-refractivity contribution is 6.33. The van der Waals surface area contributed by atoms with E-state index in [9.17, 15) is 4.79 Å². The molecular formula is C20H20ClN3O3. The highest BCUT2D eigenvalue weighted by Crippen LogP contribution is 2.38. The van der Waals surface area contributed by atoms with Gasteiger partial charge in [0.1, 0.15) is 17.7 Å². The Morgan fingerprint density at radius 2 is 2.04 bits per heavy atom. The lowest BCUT2D eigenvalue weighted by Gasteiger charge is -2.23. The van der Waals surface area contributed by atoms with E-state index < -0.39 is 5.60 Å². The Morgan fingerprint density at radius 1 is 1.22 bits per heavy atom. The van der Waals surface area contributed by atoms with Crippen LogP contribution in [0.1, 0.15) is 43.2 Å². The average molecular weight is 386 g/mol. The number of fused-ring (bicyclic) bond motifs is 2. The summed E-state index contributed by atoms with van der Waals surface area (Å²) in [6, 6.07) is 3.86. The molecule has 0 unspecified atom stereocenters. The molecule has 27 heavy (non-hydrogen) atoms. The zero-order valence-corrected chi connectivity index (χ0v) is 16.2. The molecule has 1 aliphatic carbocycles. The highest BCUT2D eigenvalue weighted by Gasteiger charge is 2.31. The largest absolute Gasteiger partial charge is 0.444 e. The van der Waals surface area contributed by atoms with Gasteiger partial charge >= 0.3 is 6.09 Å². The lowest BCUT2D eigenvalue weighted by atomic mass is 10.1. The number of hydrogen-bond donors (Lipinski definition) is 0. The van der Waals surface area contributed by atoms with Crippen molar-refractivity contribution in [3.05, 3.63) is 51.9 Å². The maximum atomic E-state index is 12.4. The molecule has 0 N–H and O–H groups in total. The van der Waals surface area contributed by atoms with Crippen molar-refractivity contribution in [3.8, 4) is 11.6 Å². The zero-order valence-electron chi connectivity index (χ0n) is 15.5. The van der Waals surface area contributed by atoms with E-state index >= 15 is 0 Å². The first-order valence-electron chi connectivity index (χ1n) is 8.78. The number of hydrogen-bond acceptors (Lipinski definition) is 5. The molecule has 2 heterocycles. The zero-order chi connectivity index (χ0) is 19.2. The van der Waals surface area contributed by atoms with Crippen LogP contribution in [-0.4, -0.2) is 26.6 Å². The molecule has 6 nitrogen and oxygen atoms in total. The van der Waals surface area contributed by atoms with Crippen LogP contribution in [-0.2, 0) is 24.2 Å². The molecule has 2 aliphatic rings. The van der Waals surface area contributed by atoms with Gasteiger partial charge in [0.25, 0.3) is 0 Å². The molecule has 0 atom stereocenters. The number of halogens is 1. The van der Waals surface area contributed by atoms with Crippen LogP contribution in [0, 0.1) is 0 Å². The summed E-state index contributed by atoms with van der Waals surface area (Å²) >= 11 is 6.50. The molecule has 0 fully saturated rings. The molecule has 140 valence electrons. The SMILES string of the molecule is CC(C)(C)OC(=O)N1Cc2ncnc(Oc3ccc4c(c3Cl)C=CC4)c2C1. The van der Waals surface area contributed by atoms with Crippen LogP contribution >= 0.6 is 11.6 Å². The van der Waals surface area contributed by atoms with Crippen LogP contribution in [0.25, 0.3) is 6.08 Å². The summed E-state index contributed by atoms with van der Waals surface area (Å²) in [4.78, 5) is 22.5. The van der Waals surface area contributed by atoms with Gasteiger partial charge < -0.3 is 9.47 Å². The molecule has 1 aromatic carbocycles. The van der Waals surface area contributed by atoms with Gasteiger partial charge in [-0.05, 0) is 38.8 Å². The Morgan fingerprint density at radius 3 is 2.81 bits per heavy atom. The molecule has 2 aromatic rings. The molecule has 7 heteroatoms. The summed E-state index contributed by atoms with van der Waals surface area (Å²) in [6.45, 7) is 6.22. The minimum atomic E-state index is -0.553. The number of ether oxygens (including phenoxy) is 2. The number of benzene rings is 1. The lowest BCUT2D eigenvalue weighted by Crippen LogP contribution is -2.33. The molecule has 1 aromatic heterocycles. The first kappa shape index (κ1) is 17.8. The second-order valence-corrected chi connectivity index (χ2v) is 7.98. The number of nitrogens with zero attached hydrogens (tertiary/aromatic N) is 3. The van der Waals surface area contributed by atoms with Crippen molar-refractivity contribution in [1.82, 2.24) is 14.9 Å². The van der Waals surface area contributed by atoms with Gasteiger partial charge in [-0.3, -0.25) is 4.90 Å². The number of allylic oxidation sites excluding steroid dienone is 1. The second kappa shape index (κ2) is 6.53. The number of aromatic nitrogens is 2. The van der Waals surface area contributed by atoms with Crippen molar-refractivity contribution in [2.75, 3.05) is 0 Å². The maximum Gasteiger partial charge on any atom is 0.410 e. The van der Waals surface area contributed by atoms with Crippen molar-refractivity contribution in [2.45, 2.75) is 45.9 Å². The van der Waals surface area contributed by atoms with Crippen molar-refractivity contribution >= 4 is 23.8 Å². The summed E-state index contributed by atoms with van der Waals surface area (Å²) in [6.07, 6.45) is 6.00. The van der Waals surface area contributed by atoms with Crippen molar-refractivity contribution in [3.63, 3.8) is 0 Å². The van der Waals surface area contributed by atoms with Gasteiger partial charge in [0.15, 0.2) is 0 Å². The molecule has 0 saturated heterocycles. The smallest absolute Gasteiger partial charge is 0.410 e. The van der Waals surface area contributed by atoms with E-state index in [2.05, 4.69) is 16.0 Å². The number of rotatable bonds is 2. The summed E-state index contributed by atoms with van der Waals surface area (Å²) in [7, 11) is 0. The average Bonchev–Trinajstić information content (AvgIpc) is 3.23. The molecule has 0 bridgehead atoms. The summed E-state index contributed by atoms with van der Waals surface area (Å²) in [5.41, 5.74) is 3.13. The van der Waals surface area contributed by atoms with E-state index in [1.807, 2.05) is 39.0 Å². The quantitative estimate of drug-likeness (QED) is 0.746.